The molecule has 1 aromatic rings. The molecule has 6 heteroatoms. The van der Waals surface area contributed by atoms with E-state index in [4.69, 9.17) is 15.2 Å². The highest BCUT2D eigenvalue weighted by Crippen LogP contribution is 2.26. The van der Waals surface area contributed by atoms with E-state index < -0.39 is 0 Å². The third-order valence-corrected chi connectivity index (χ3v) is 4.78. The van der Waals surface area contributed by atoms with E-state index in [-0.39, 0.29) is 11.9 Å². The maximum absolute atomic E-state index is 12.9. The van der Waals surface area contributed by atoms with Crippen LogP contribution in [0.4, 0.5) is 5.69 Å². The van der Waals surface area contributed by atoms with Gasteiger partial charge in [-0.3, -0.25) is 4.79 Å². The molecular formula is C15H22N2O3S. The van der Waals surface area contributed by atoms with Crippen molar-refractivity contribution in [3.8, 4) is 5.75 Å². The van der Waals surface area contributed by atoms with E-state index in [1.807, 2.05) is 16.7 Å². The van der Waals surface area contributed by atoms with E-state index in [9.17, 15) is 4.79 Å². The minimum Gasteiger partial charge on any atom is -0.497 e. The first kappa shape index (κ1) is 16.0. The van der Waals surface area contributed by atoms with Crippen LogP contribution in [0.5, 0.6) is 5.75 Å². The molecule has 116 valence electrons. The molecule has 0 radical (unpaired) electrons. The Balaban J connectivity index is 2.23. The van der Waals surface area contributed by atoms with Crippen molar-refractivity contribution < 1.29 is 14.3 Å². The molecule has 1 aliphatic heterocycles. The Morgan fingerprint density at radius 1 is 1.48 bits per heavy atom. The summed E-state index contributed by atoms with van der Waals surface area (Å²) in [6.45, 7) is 1.11. The number of hydrogen-bond acceptors (Lipinski definition) is 5. The molecule has 0 bridgehead atoms. The number of nitrogen functional groups attached to an aromatic ring is 1. The predicted octanol–water partition coefficient (Wildman–Crippen LogP) is 1.87. The summed E-state index contributed by atoms with van der Waals surface area (Å²) in [6, 6.07) is 5.43. The molecule has 0 saturated carbocycles. The summed E-state index contributed by atoms with van der Waals surface area (Å²) in [5.74, 6) is 2.66. The predicted molar refractivity (Wildman–Crippen MR) is 86.0 cm³/mol. The molecule has 1 amide bonds. The quantitative estimate of drug-likeness (QED) is 0.813. The first-order valence-electron chi connectivity index (χ1n) is 6.98. The summed E-state index contributed by atoms with van der Waals surface area (Å²) in [4.78, 5) is 14.7. The topological polar surface area (TPSA) is 64.8 Å². The summed E-state index contributed by atoms with van der Waals surface area (Å²) in [5.41, 5.74) is 6.95. The summed E-state index contributed by atoms with van der Waals surface area (Å²) in [5, 5.41) is 0. The summed E-state index contributed by atoms with van der Waals surface area (Å²) >= 11 is 1.88. The van der Waals surface area contributed by atoms with Gasteiger partial charge in [0.25, 0.3) is 5.91 Å². The fourth-order valence-corrected chi connectivity index (χ4v) is 3.63. The average molecular weight is 310 g/mol. The van der Waals surface area contributed by atoms with Crippen molar-refractivity contribution in [2.24, 2.45) is 0 Å². The molecular weight excluding hydrogens is 288 g/mol. The second-order valence-electron chi connectivity index (χ2n) is 4.96. The Morgan fingerprint density at radius 3 is 2.90 bits per heavy atom. The Bertz CT molecular complexity index is 490. The zero-order chi connectivity index (χ0) is 15.2. The van der Waals surface area contributed by atoms with E-state index in [2.05, 4.69) is 0 Å². The minimum absolute atomic E-state index is 0.0454. The second-order valence-corrected chi connectivity index (χ2v) is 6.11. The average Bonchev–Trinajstić information content (AvgIpc) is 3.02. The number of nitrogens with two attached hydrogens (primary N) is 1. The number of benzene rings is 1. The molecule has 0 aliphatic carbocycles. The van der Waals surface area contributed by atoms with Gasteiger partial charge in [-0.2, -0.15) is 11.8 Å². The van der Waals surface area contributed by atoms with Gasteiger partial charge in [-0.05, 0) is 30.4 Å². The lowest BCUT2D eigenvalue weighted by Gasteiger charge is -2.29. The van der Waals surface area contributed by atoms with Gasteiger partial charge >= 0.3 is 0 Å². The number of nitrogens with zero attached hydrogens (tertiary/aromatic N) is 1. The van der Waals surface area contributed by atoms with Gasteiger partial charge in [-0.25, -0.2) is 0 Å². The number of hydrogen-bond donors (Lipinski definition) is 1. The minimum atomic E-state index is -0.0454. The summed E-state index contributed by atoms with van der Waals surface area (Å²) in [7, 11) is 3.22. The van der Waals surface area contributed by atoms with Crippen molar-refractivity contribution in [1.29, 1.82) is 0 Å². The van der Waals surface area contributed by atoms with Crippen LogP contribution < -0.4 is 10.5 Å². The number of anilines is 1. The van der Waals surface area contributed by atoms with E-state index in [1.54, 1.807) is 32.4 Å². The molecule has 2 N–H and O–H groups in total. The summed E-state index contributed by atoms with van der Waals surface area (Å²) < 4.78 is 10.3. The van der Waals surface area contributed by atoms with Gasteiger partial charge in [0.15, 0.2) is 0 Å². The maximum Gasteiger partial charge on any atom is 0.256 e. The zero-order valence-corrected chi connectivity index (χ0v) is 13.3. The number of thioether (sulfide) groups is 1. The Kier molecular flexibility index (Phi) is 5.76. The number of methoxy groups -OCH3 is 2. The fourth-order valence-electron chi connectivity index (χ4n) is 2.41. The lowest BCUT2D eigenvalue weighted by molar-refractivity contribution is 0.0625. The van der Waals surface area contributed by atoms with Crippen LogP contribution in [-0.2, 0) is 4.74 Å². The Hall–Kier alpha value is -1.40. The molecule has 21 heavy (non-hydrogen) atoms. The Morgan fingerprint density at radius 2 is 2.29 bits per heavy atom. The Labute approximate surface area is 129 Å². The monoisotopic (exact) mass is 310 g/mol. The van der Waals surface area contributed by atoms with Gasteiger partial charge in [-0.15, -0.1) is 0 Å². The van der Waals surface area contributed by atoms with E-state index >= 15 is 0 Å². The van der Waals surface area contributed by atoms with Crippen LogP contribution in [0.2, 0.25) is 0 Å². The number of amides is 1. The van der Waals surface area contributed by atoms with Crippen molar-refractivity contribution in [1.82, 2.24) is 4.90 Å². The first-order valence-corrected chi connectivity index (χ1v) is 8.14. The maximum atomic E-state index is 12.9. The first-order chi connectivity index (χ1) is 10.2. The van der Waals surface area contributed by atoms with E-state index in [1.165, 1.54) is 0 Å². The van der Waals surface area contributed by atoms with Crippen LogP contribution in [0.3, 0.4) is 0 Å². The van der Waals surface area contributed by atoms with Crippen molar-refractivity contribution in [3.63, 3.8) is 0 Å². The van der Waals surface area contributed by atoms with Crippen LogP contribution in [0, 0.1) is 0 Å². The summed E-state index contributed by atoms with van der Waals surface area (Å²) in [6.07, 6.45) is 1.02. The van der Waals surface area contributed by atoms with Crippen LogP contribution >= 0.6 is 11.8 Å². The van der Waals surface area contributed by atoms with Crippen molar-refractivity contribution in [2.45, 2.75) is 12.5 Å². The van der Waals surface area contributed by atoms with Crippen molar-refractivity contribution in [2.75, 3.05) is 44.6 Å². The molecule has 1 aromatic carbocycles. The lowest BCUT2D eigenvalue weighted by Crippen LogP contribution is -2.42. The van der Waals surface area contributed by atoms with Crippen LogP contribution in [0.15, 0.2) is 18.2 Å². The number of rotatable bonds is 6. The highest BCUT2D eigenvalue weighted by Gasteiger charge is 2.28. The molecule has 1 aliphatic rings. The number of carbonyl (C=O) groups excluding carboxylic acids is 1. The molecule has 1 fully saturated rings. The highest BCUT2D eigenvalue weighted by atomic mass is 32.2. The van der Waals surface area contributed by atoms with Gasteiger partial charge in [0.1, 0.15) is 5.75 Å². The van der Waals surface area contributed by atoms with Crippen LogP contribution in [0.25, 0.3) is 0 Å². The van der Waals surface area contributed by atoms with Gasteiger partial charge in [-0.1, -0.05) is 0 Å². The number of carbonyl (C=O) groups is 1. The van der Waals surface area contributed by atoms with Crippen molar-refractivity contribution >= 4 is 23.4 Å². The molecule has 1 heterocycles. The fraction of sp³-hybridized carbons (Fsp3) is 0.533. The van der Waals surface area contributed by atoms with Crippen LogP contribution in [-0.4, -0.2) is 55.7 Å². The molecule has 1 saturated heterocycles. The largest absolute Gasteiger partial charge is 0.497 e. The molecule has 0 aromatic heterocycles. The van der Waals surface area contributed by atoms with Gasteiger partial charge < -0.3 is 20.1 Å². The lowest BCUT2D eigenvalue weighted by atomic mass is 10.1. The number of ether oxygens (including phenoxy) is 2. The zero-order valence-electron chi connectivity index (χ0n) is 12.5. The molecule has 1 atom stereocenters. The SMILES string of the molecule is COCCN(C(=O)c1cc(OC)ccc1N)C1CCSC1. The molecule has 0 spiro atoms. The molecule has 2 rings (SSSR count). The normalized spacial score (nSPS) is 17.7. The second kappa shape index (κ2) is 7.56. The van der Waals surface area contributed by atoms with E-state index in [0.29, 0.717) is 30.2 Å². The van der Waals surface area contributed by atoms with E-state index in [0.717, 1.165) is 17.9 Å². The smallest absolute Gasteiger partial charge is 0.256 e. The third kappa shape index (κ3) is 3.83. The van der Waals surface area contributed by atoms with Gasteiger partial charge in [0.05, 0.1) is 19.3 Å². The van der Waals surface area contributed by atoms with Gasteiger partial charge in [0, 0.05) is 31.1 Å². The molecule has 5 nitrogen and oxygen atoms in total. The molecule has 1 unspecified atom stereocenters. The standard InChI is InChI=1S/C15H22N2O3S/c1-19-7-6-17(11-5-8-21-10-11)15(18)13-9-12(20-2)3-4-14(13)16/h3-4,9,11H,5-8,10,16H2,1-2H3. The highest BCUT2D eigenvalue weighted by molar-refractivity contribution is 7.99. The van der Waals surface area contributed by atoms with Gasteiger partial charge in [0.2, 0.25) is 0 Å². The third-order valence-electron chi connectivity index (χ3n) is 3.63. The van der Waals surface area contributed by atoms with Crippen molar-refractivity contribution in [3.05, 3.63) is 23.8 Å². The van der Waals surface area contributed by atoms with Crippen LogP contribution in [0.1, 0.15) is 16.8 Å².